The fraction of sp³-hybridized carbons (Fsp3) is 0.133. The van der Waals surface area contributed by atoms with Crippen molar-refractivity contribution in [1.82, 2.24) is 0 Å². The van der Waals surface area contributed by atoms with Crippen LogP contribution in [0.4, 0.5) is 0 Å². The molecule has 0 bridgehead atoms. The lowest BCUT2D eigenvalue weighted by Gasteiger charge is -2.07. The monoisotopic (exact) mass is 294 g/mol. The summed E-state index contributed by atoms with van der Waals surface area (Å²) >= 11 is 11.8. The molecule has 0 radical (unpaired) electrons. The third kappa shape index (κ3) is 3.98. The summed E-state index contributed by atoms with van der Waals surface area (Å²) in [7, 11) is 0. The van der Waals surface area contributed by atoms with E-state index in [0.717, 1.165) is 0 Å². The summed E-state index contributed by atoms with van der Waals surface area (Å²) in [6.45, 7) is 0.287. The Balaban J connectivity index is 1.88. The number of hydrogen-bond acceptors (Lipinski definition) is 2. The van der Waals surface area contributed by atoms with Gasteiger partial charge in [-0.1, -0.05) is 53.5 Å². The highest BCUT2D eigenvalue weighted by molar-refractivity contribution is 6.35. The Kier molecular flexibility index (Phi) is 4.83. The van der Waals surface area contributed by atoms with Crippen molar-refractivity contribution in [2.45, 2.75) is 6.42 Å². The number of halogens is 2. The molecule has 0 aliphatic carbocycles. The summed E-state index contributed by atoms with van der Waals surface area (Å²) in [5.41, 5.74) is 0.688. The van der Waals surface area contributed by atoms with E-state index < -0.39 is 0 Å². The van der Waals surface area contributed by atoms with Crippen LogP contribution in [0, 0.1) is 0 Å². The molecule has 0 N–H and O–H groups in total. The normalized spacial score (nSPS) is 10.2. The second-order valence-electron chi connectivity index (χ2n) is 3.96. The van der Waals surface area contributed by atoms with Crippen molar-refractivity contribution in [3.8, 4) is 5.75 Å². The molecule has 0 atom stereocenters. The number of benzene rings is 2. The van der Waals surface area contributed by atoms with Crippen LogP contribution < -0.4 is 4.74 Å². The second kappa shape index (κ2) is 6.60. The van der Waals surface area contributed by atoms with Crippen molar-refractivity contribution < 1.29 is 9.53 Å². The number of carbonyl (C=O) groups is 1. The van der Waals surface area contributed by atoms with Crippen molar-refractivity contribution in [3.05, 3.63) is 64.1 Å². The minimum atomic E-state index is 0.0469. The number of carbonyl (C=O) groups excluding carboxylic acids is 1. The van der Waals surface area contributed by atoms with E-state index in [1.165, 1.54) is 0 Å². The van der Waals surface area contributed by atoms with Crippen LogP contribution in [0.1, 0.15) is 16.8 Å². The van der Waals surface area contributed by atoms with Crippen LogP contribution in [0.5, 0.6) is 5.75 Å². The third-order valence-electron chi connectivity index (χ3n) is 2.58. The van der Waals surface area contributed by atoms with E-state index >= 15 is 0 Å². The molecule has 0 saturated heterocycles. The first-order chi connectivity index (χ1) is 9.16. The van der Waals surface area contributed by atoms with E-state index in [4.69, 9.17) is 27.9 Å². The maximum Gasteiger partial charge on any atom is 0.166 e. The maximum absolute atomic E-state index is 11.8. The van der Waals surface area contributed by atoms with Gasteiger partial charge in [-0.2, -0.15) is 0 Å². The minimum Gasteiger partial charge on any atom is -0.492 e. The van der Waals surface area contributed by atoms with Crippen LogP contribution in [-0.2, 0) is 0 Å². The summed E-state index contributed by atoms with van der Waals surface area (Å²) in [4.78, 5) is 11.8. The predicted octanol–water partition coefficient (Wildman–Crippen LogP) is 4.65. The Morgan fingerprint density at radius 2 is 1.79 bits per heavy atom. The number of hydrogen-bond donors (Lipinski definition) is 0. The van der Waals surface area contributed by atoms with Gasteiger partial charge < -0.3 is 4.74 Å². The predicted molar refractivity (Wildman–Crippen MR) is 77.3 cm³/mol. The van der Waals surface area contributed by atoms with Gasteiger partial charge in [-0.3, -0.25) is 4.79 Å². The van der Waals surface area contributed by atoms with Crippen molar-refractivity contribution in [3.63, 3.8) is 0 Å². The van der Waals surface area contributed by atoms with Crippen LogP contribution in [-0.4, -0.2) is 12.4 Å². The molecule has 0 fully saturated rings. The number of Topliss-reactive ketones (excluding diaryl/α,β-unsaturated/α-hetero) is 1. The molecule has 2 rings (SSSR count). The molecule has 0 aromatic heterocycles. The Morgan fingerprint density at radius 3 is 2.47 bits per heavy atom. The maximum atomic E-state index is 11.8. The number of ether oxygens (including phenoxy) is 1. The van der Waals surface area contributed by atoms with Crippen LogP contribution in [0.3, 0.4) is 0 Å². The molecule has 0 aliphatic heterocycles. The molecule has 2 aromatic rings. The lowest BCUT2D eigenvalue weighted by Crippen LogP contribution is -2.06. The highest BCUT2D eigenvalue weighted by Crippen LogP contribution is 2.27. The summed E-state index contributed by atoms with van der Waals surface area (Å²) in [5, 5.41) is 0.998. The molecule has 0 heterocycles. The summed E-state index contributed by atoms with van der Waals surface area (Å²) in [6.07, 6.45) is 0.309. The molecule has 0 saturated carbocycles. The van der Waals surface area contributed by atoms with Gasteiger partial charge in [0.2, 0.25) is 0 Å². The van der Waals surface area contributed by atoms with Gasteiger partial charge in [0.25, 0.3) is 0 Å². The van der Waals surface area contributed by atoms with Crippen LogP contribution >= 0.6 is 23.2 Å². The first-order valence-corrected chi connectivity index (χ1v) is 6.58. The molecule has 2 nitrogen and oxygen atoms in total. The first kappa shape index (κ1) is 13.9. The average molecular weight is 295 g/mol. The van der Waals surface area contributed by atoms with Gasteiger partial charge >= 0.3 is 0 Å². The fourth-order valence-corrected chi connectivity index (χ4v) is 2.08. The van der Waals surface area contributed by atoms with Gasteiger partial charge in [0.05, 0.1) is 11.6 Å². The minimum absolute atomic E-state index is 0.0469. The highest BCUT2D eigenvalue weighted by atomic mass is 35.5. The first-order valence-electron chi connectivity index (χ1n) is 5.83. The molecular weight excluding hydrogens is 283 g/mol. The molecule has 2 aromatic carbocycles. The van der Waals surface area contributed by atoms with Gasteiger partial charge in [0, 0.05) is 17.0 Å². The summed E-state index contributed by atoms with van der Waals surface area (Å²) in [6, 6.07) is 14.1. The Morgan fingerprint density at radius 1 is 1.05 bits per heavy atom. The topological polar surface area (TPSA) is 26.3 Å². The van der Waals surface area contributed by atoms with E-state index in [-0.39, 0.29) is 12.4 Å². The van der Waals surface area contributed by atoms with Crippen LogP contribution in [0.2, 0.25) is 10.0 Å². The zero-order valence-electron chi connectivity index (χ0n) is 10.1. The Bertz CT molecular complexity index is 568. The molecule has 4 heteroatoms. The van der Waals surface area contributed by atoms with Gasteiger partial charge in [-0.05, 0) is 18.2 Å². The fourth-order valence-electron chi connectivity index (χ4n) is 1.61. The zero-order chi connectivity index (χ0) is 13.7. The number of ketones is 1. The smallest absolute Gasteiger partial charge is 0.166 e. The molecule has 19 heavy (non-hydrogen) atoms. The molecule has 0 spiro atoms. The van der Waals surface area contributed by atoms with E-state index in [1.807, 2.05) is 18.2 Å². The SMILES string of the molecule is O=C(CCOc1ccc(Cl)cc1Cl)c1ccccc1. The molecular formula is C15H12Cl2O2. The number of rotatable bonds is 5. The van der Waals surface area contributed by atoms with Crippen LogP contribution in [0.25, 0.3) is 0 Å². The summed E-state index contributed by atoms with van der Waals surface area (Å²) < 4.78 is 5.47. The largest absolute Gasteiger partial charge is 0.492 e. The van der Waals surface area contributed by atoms with E-state index in [2.05, 4.69) is 0 Å². The standard InChI is InChI=1S/C15H12Cl2O2/c16-12-6-7-15(13(17)10-12)19-9-8-14(18)11-4-2-1-3-5-11/h1-7,10H,8-9H2. The quantitative estimate of drug-likeness (QED) is 0.751. The van der Waals surface area contributed by atoms with E-state index in [1.54, 1.807) is 30.3 Å². The van der Waals surface area contributed by atoms with Crippen LogP contribution in [0.15, 0.2) is 48.5 Å². The van der Waals surface area contributed by atoms with Gasteiger partial charge in [-0.25, -0.2) is 0 Å². The van der Waals surface area contributed by atoms with E-state index in [9.17, 15) is 4.79 Å². The molecule has 0 amide bonds. The highest BCUT2D eigenvalue weighted by Gasteiger charge is 2.07. The Labute approximate surface area is 121 Å². The third-order valence-corrected chi connectivity index (χ3v) is 3.11. The Hall–Kier alpha value is -1.51. The zero-order valence-corrected chi connectivity index (χ0v) is 11.6. The average Bonchev–Trinajstić information content (AvgIpc) is 2.42. The van der Waals surface area contributed by atoms with Crippen molar-refractivity contribution >= 4 is 29.0 Å². The molecule has 0 aliphatic rings. The van der Waals surface area contributed by atoms with Crippen molar-refractivity contribution in [2.75, 3.05) is 6.61 Å². The lowest BCUT2D eigenvalue weighted by molar-refractivity contribution is 0.0962. The molecule has 98 valence electrons. The lowest BCUT2D eigenvalue weighted by atomic mass is 10.1. The van der Waals surface area contributed by atoms with E-state index in [0.29, 0.717) is 27.8 Å². The summed E-state index contributed by atoms with van der Waals surface area (Å²) in [5.74, 6) is 0.581. The van der Waals surface area contributed by atoms with Crippen molar-refractivity contribution in [2.24, 2.45) is 0 Å². The van der Waals surface area contributed by atoms with Crippen molar-refractivity contribution in [1.29, 1.82) is 0 Å². The van der Waals surface area contributed by atoms with Gasteiger partial charge in [0.1, 0.15) is 5.75 Å². The van der Waals surface area contributed by atoms with Gasteiger partial charge in [-0.15, -0.1) is 0 Å². The van der Waals surface area contributed by atoms with Gasteiger partial charge in [0.15, 0.2) is 5.78 Å². The molecule has 0 unspecified atom stereocenters. The second-order valence-corrected chi connectivity index (χ2v) is 4.81.